The van der Waals surface area contributed by atoms with Gasteiger partial charge in [0.25, 0.3) is 0 Å². The number of rotatable bonds is 9. The van der Waals surface area contributed by atoms with E-state index in [2.05, 4.69) is 25.2 Å². The average molecular weight is 449 g/mol. The maximum atomic E-state index is 13.0. The molecule has 2 aromatic carbocycles. The molecular formula is C26H32N4O3. The van der Waals surface area contributed by atoms with Crippen molar-refractivity contribution in [1.82, 2.24) is 14.5 Å². The summed E-state index contributed by atoms with van der Waals surface area (Å²) in [5, 5.41) is 2.91. The number of nitrogens with one attached hydrogen (secondary N) is 1. The fourth-order valence-electron chi connectivity index (χ4n) is 3.46. The van der Waals surface area contributed by atoms with E-state index in [4.69, 9.17) is 9.72 Å². The van der Waals surface area contributed by atoms with Gasteiger partial charge in [0.05, 0.1) is 12.3 Å². The number of anilines is 1. The highest BCUT2D eigenvalue weighted by Gasteiger charge is 2.21. The third kappa shape index (κ3) is 6.08. The van der Waals surface area contributed by atoms with Crippen LogP contribution in [0.5, 0.6) is 0 Å². The second-order valence-corrected chi connectivity index (χ2v) is 8.41. The van der Waals surface area contributed by atoms with Crippen LogP contribution in [0.4, 0.5) is 5.95 Å². The van der Waals surface area contributed by atoms with E-state index in [-0.39, 0.29) is 24.3 Å². The van der Waals surface area contributed by atoms with E-state index < -0.39 is 0 Å². The first-order chi connectivity index (χ1) is 15.8. The van der Waals surface area contributed by atoms with Crippen LogP contribution in [-0.2, 0) is 14.3 Å². The smallest absolute Gasteiger partial charge is 0.246 e. The highest BCUT2D eigenvalue weighted by molar-refractivity contribution is 5.94. The van der Waals surface area contributed by atoms with Crippen molar-refractivity contribution in [2.75, 3.05) is 32.1 Å². The standard InChI is InChI=1S/C26H32N4O3/c1-18(2)25(32)29(13-14-33-5)17-24(31)28-26-27-23(21-9-7-6-8-10-21)16-30(26)22-12-11-19(3)20(4)15-22/h6-12,15-16,18H,13-14,17H2,1-5H3,(H,27,28,31). The number of carbonyl (C=O) groups is 2. The molecule has 0 aliphatic carbocycles. The molecule has 0 saturated heterocycles. The summed E-state index contributed by atoms with van der Waals surface area (Å²) in [7, 11) is 1.57. The first-order valence-electron chi connectivity index (χ1n) is 11.1. The molecule has 3 rings (SSSR count). The minimum atomic E-state index is -0.310. The fourth-order valence-corrected chi connectivity index (χ4v) is 3.46. The fraction of sp³-hybridized carbons (Fsp3) is 0.346. The molecule has 0 radical (unpaired) electrons. The van der Waals surface area contributed by atoms with Crippen LogP contribution in [-0.4, -0.2) is 53.1 Å². The van der Waals surface area contributed by atoms with Gasteiger partial charge in [-0.1, -0.05) is 50.2 Å². The van der Waals surface area contributed by atoms with Gasteiger partial charge in [0.1, 0.15) is 6.54 Å². The summed E-state index contributed by atoms with van der Waals surface area (Å²) < 4.78 is 6.98. The molecule has 0 aliphatic rings. The maximum absolute atomic E-state index is 13.0. The van der Waals surface area contributed by atoms with Gasteiger partial charge in [-0.3, -0.25) is 19.5 Å². The summed E-state index contributed by atoms with van der Waals surface area (Å²) in [6.07, 6.45) is 1.91. The lowest BCUT2D eigenvalue weighted by Gasteiger charge is -2.23. The van der Waals surface area contributed by atoms with Gasteiger partial charge in [-0.05, 0) is 37.1 Å². The largest absolute Gasteiger partial charge is 0.383 e. The second-order valence-electron chi connectivity index (χ2n) is 8.41. The molecule has 0 aliphatic heterocycles. The monoisotopic (exact) mass is 448 g/mol. The number of carbonyl (C=O) groups excluding carboxylic acids is 2. The Morgan fingerprint density at radius 3 is 2.45 bits per heavy atom. The number of aromatic nitrogens is 2. The number of ether oxygens (including phenoxy) is 1. The Kier molecular flexibility index (Phi) is 8.01. The van der Waals surface area contributed by atoms with Crippen molar-refractivity contribution in [2.45, 2.75) is 27.7 Å². The third-order valence-corrected chi connectivity index (χ3v) is 5.50. The summed E-state index contributed by atoms with van der Waals surface area (Å²) in [5.74, 6) is -0.206. The lowest BCUT2D eigenvalue weighted by atomic mass is 10.1. The van der Waals surface area contributed by atoms with Crippen molar-refractivity contribution >= 4 is 17.8 Å². The Hall–Kier alpha value is -3.45. The summed E-state index contributed by atoms with van der Waals surface area (Å²) in [4.78, 5) is 31.7. The molecule has 0 fully saturated rings. The van der Waals surface area contributed by atoms with E-state index >= 15 is 0 Å². The van der Waals surface area contributed by atoms with Gasteiger partial charge in [-0.25, -0.2) is 4.98 Å². The second kappa shape index (κ2) is 10.9. The Balaban J connectivity index is 1.91. The van der Waals surface area contributed by atoms with Crippen LogP contribution in [0.1, 0.15) is 25.0 Å². The molecule has 1 heterocycles. The molecule has 1 aromatic heterocycles. The average Bonchev–Trinajstić information content (AvgIpc) is 3.22. The lowest BCUT2D eigenvalue weighted by molar-refractivity contribution is -0.138. The minimum Gasteiger partial charge on any atom is -0.383 e. The van der Waals surface area contributed by atoms with Gasteiger partial charge in [-0.2, -0.15) is 0 Å². The van der Waals surface area contributed by atoms with Crippen molar-refractivity contribution in [3.63, 3.8) is 0 Å². The minimum absolute atomic E-state index is 0.0686. The molecule has 3 aromatic rings. The van der Waals surface area contributed by atoms with E-state index in [9.17, 15) is 9.59 Å². The van der Waals surface area contributed by atoms with Crippen molar-refractivity contribution in [1.29, 1.82) is 0 Å². The van der Waals surface area contributed by atoms with E-state index in [1.54, 1.807) is 7.11 Å². The molecule has 0 saturated carbocycles. The maximum Gasteiger partial charge on any atom is 0.246 e. The van der Waals surface area contributed by atoms with Crippen LogP contribution < -0.4 is 5.32 Å². The molecule has 0 bridgehead atoms. The van der Waals surface area contributed by atoms with E-state index in [0.29, 0.717) is 19.1 Å². The number of hydrogen-bond donors (Lipinski definition) is 1. The quantitative estimate of drug-likeness (QED) is 0.532. The van der Waals surface area contributed by atoms with Gasteiger partial charge in [-0.15, -0.1) is 0 Å². The van der Waals surface area contributed by atoms with Crippen LogP contribution in [0.15, 0.2) is 54.7 Å². The molecule has 1 N–H and O–H groups in total. The SMILES string of the molecule is COCCN(CC(=O)Nc1nc(-c2ccccc2)cn1-c1ccc(C)c(C)c1)C(=O)C(C)C. The molecule has 0 atom stereocenters. The zero-order valence-corrected chi connectivity index (χ0v) is 20.0. The predicted molar refractivity (Wildman–Crippen MR) is 130 cm³/mol. The number of nitrogens with zero attached hydrogens (tertiary/aromatic N) is 3. The summed E-state index contributed by atoms with van der Waals surface area (Å²) in [6.45, 7) is 8.39. The van der Waals surface area contributed by atoms with Crippen LogP contribution in [0.2, 0.25) is 0 Å². The van der Waals surface area contributed by atoms with E-state index in [1.165, 1.54) is 10.5 Å². The molecule has 0 spiro atoms. The summed E-state index contributed by atoms with van der Waals surface area (Å²) >= 11 is 0. The number of methoxy groups -OCH3 is 1. The Bertz CT molecular complexity index is 1110. The molecule has 2 amide bonds. The molecule has 174 valence electrons. The van der Waals surface area contributed by atoms with Crippen LogP contribution >= 0.6 is 0 Å². The van der Waals surface area contributed by atoms with Gasteiger partial charge in [0, 0.05) is 37.0 Å². The highest BCUT2D eigenvalue weighted by Crippen LogP contribution is 2.25. The van der Waals surface area contributed by atoms with Gasteiger partial charge >= 0.3 is 0 Å². The summed E-state index contributed by atoms with van der Waals surface area (Å²) in [5.41, 5.74) is 4.94. The summed E-state index contributed by atoms with van der Waals surface area (Å²) in [6, 6.07) is 15.9. The zero-order valence-electron chi connectivity index (χ0n) is 20.0. The highest BCUT2D eigenvalue weighted by atomic mass is 16.5. The first-order valence-corrected chi connectivity index (χ1v) is 11.1. The van der Waals surface area contributed by atoms with Crippen LogP contribution in [0.25, 0.3) is 16.9 Å². The first kappa shape index (κ1) is 24.2. The molecule has 0 unspecified atom stereocenters. The molecule has 33 heavy (non-hydrogen) atoms. The zero-order chi connectivity index (χ0) is 24.0. The molecule has 7 nitrogen and oxygen atoms in total. The van der Waals surface area contributed by atoms with E-state index in [1.807, 2.05) is 67.1 Å². The number of amides is 2. The van der Waals surface area contributed by atoms with Crippen LogP contribution in [0, 0.1) is 19.8 Å². The van der Waals surface area contributed by atoms with Crippen molar-refractivity contribution < 1.29 is 14.3 Å². The third-order valence-electron chi connectivity index (χ3n) is 5.50. The number of benzene rings is 2. The normalized spacial score (nSPS) is 11.0. The Labute approximate surface area is 195 Å². The van der Waals surface area contributed by atoms with Gasteiger partial charge in [0.2, 0.25) is 17.8 Å². The van der Waals surface area contributed by atoms with Crippen molar-refractivity contribution in [3.8, 4) is 16.9 Å². The number of imidazole rings is 1. The van der Waals surface area contributed by atoms with Crippen LogP contribution in [0.3, 0.4) is 0 Å². The number of aryl methyl sites for hydroxylation is 2. The van der Waals surface area contributed by atoms with Gasteiger partial charge < -0.3 is 9.64 Å². The van der Waals surface area contributed by atoms with Crippen molar-refractivity contribution in [3.05, 3.63) is 65.9 Å². The number of hydrogen-bond acceptors (Lipinski definition) is 4. The topological polar surface area (TPSA) is 76.5 Å². The molecule has 7 heteroatoms. The Morgan fingerprint density at radius 1 is 1.09 bits per heavy atom. The van der Waals surface area contributed by atoms with Gasteiger partial charge in [0.15, 0.2) is 0 Å². The Morgan fingerprint density at radius 2 is 1.82 bits per heavy atom. The lowest BCUT2D eigenvalue weighted by Crippen LogP contribution is -2.42. The van der Waals surface area contributed by atoms with E-state index in [0.717, 1.165) is 22.5 Å². The van der Waals surface area contributed by atoms with Crippen molar-refractivity contribution in [2.24, 2.45) is 5.92 Å². The molecular weight excluding hydrogens is 416 g/mol. The predicted octanol–water partition coefficient (Wildman–Crippen LogP) is 4.23.